The smallest absolute Gasteiger partial charge is 0.0813 e. The van der Waals surface area contributed by atoms with E-state index in [-0.39, 0.29) is 0 Å². The number of aryl methyl sites for hydroxylation is 2. The highest BCUT2D eigenvalue weighted by molar-refractivity contribution is 6.30. The SMILES string of the molecule is CCC=C(CCN=C(C)c1ccnn1C)c1cc(Cl)ccc1C. The summed E-state index contributed by atoms with van der Waals surface area (Å²) in [5.74, 6) is 0. The van der Waals surface area contributed by atoms with Gasteiger partial charge < -0.3 is 0 Å². The lowest BCUT2D eigenvalue weighted by molar-refractivity contribution is 0.758. The molecule has 122 valence electrons. The molecule has 0 spiro atoms. The minimum Gasteiger partial charge on any atom is -0.287 e. The Kier molecular flexibility index (Phi) is 6.17. The van der Waals surface area contributed by atoms with Crippen LogP contribution >= 0.6 is 11.6 Å². The van der Waals surface area contributed by atoms with Gasteiger partial charge in [0, 0.05) is 24.8 Å². The van der Waals surface area contributed by atoms with Crippen molar-refractivity contribution in [2.24, 2.45) is 12.0 Å². The zero-order chi connectivity index (χ0) is 16.8. The summed E-state index contributed by atoms with van der Waals surface area (Å²) in [4.78, 5) is 4.71. The summed E-state index contributed by atoms with van der Waals surface area (Å²) in [7, 11) is 1.94. The first-order valence-corrected chi connectivity index (χ1v) is 8.35. The fraction of sp³-hybridized carbons (Fsp3) is 0.368. The van der Waals surface area contributed by atoms with Crippen LogP contribution < -0.4 is 0 Å². The summed E-state index contributed by atoms with van der Waals surface area (Å²) in [5, 5.41) is 4.97. The molecule has 1 aromatic heterocycles. The van der Waals surface area contributed by atoms with Crippen molar-refractivity contribution in [1.82, 2.24) is 9.78 Å². The summed E-state index contributed by atoms with van der Waals surface area (Å²) >= 11 is 6.17. The van der Waals surface area contributed by atoms with Crippen molar-refractivity contribution >= 4 is 22.9 Å². The molecule has 3 nitrogen and oxygen atoms in total. The van der Waals surface area contributed by atoms with Crippen molar-refractivity contribution in [3.8, 4) is 0 Å². The fourth-order valence-electron chi connectivity index (χ4n) is 2.69. The van der Waals surface area contributed by atoms with Gasteiger partial charge in [0.2, 0.25) is 0 Å². The van der Waals surface area contributed by atoms with Gasteiger partial charge >= 0.3 is 0 Å². The summed E-state index contributed by atoms with van der Waals surface area (Å²) in [6.45, 7) is 7.07. The lowest BCUT2D eigenvalue weighted by Crippen LogP contribution is -2.05. The highest BCUT2D eigenvalue weighted by Crippen LogP contribution is 2.26. The third kappa shape index (κ3) is 4.55. The topological polar surface area (TPSA) is 30.2 Å². The third-order valence-electron chi connectivity index (χ3n) is 3.92. The maximum Gasteiger partial charge on any atom is 0.0813 e. The van der Waals surface area contributed by atoms with E-state index in [9.17, 15) is 0 Å². The first-order chi connectivity index (χ1) is 11.0. The molecule has 0 bridgehead atoms. The van der Waals surface area contributed by atoms with Crippen LogP contribution in [0.25, 0.3) is 5.57 Å². The molecule has 0 unspecified atom stereocenters. The number of aliphatic imine (C=N–C) groups is 1. The molecule has 2 aromatic rings. The van der Waals surface area contributed by atoms with Gasteiger partial charge in [0.15, 0.2) is 0 Å². The first-order valence-electron chi connectivity index (χ1n) is 7.98. The van der Waals surface area contributed by atoms with Crippen LogP contribution in [-0.4, -0.2) is 22.0 Å². The summed E-state index contributed by atoms with van der Waals surface area (Å²) in [6.07, 6.45) is 5.98. The van der Waals surface area contributed by atoms with E-state index in [2.05, 4.69) is 37.2 Å². The van der Waals surface area contributed by atoms with Gasteiger partial charge in [0.25, 0.3) is 0 Å². The Bertz CT molecular complexity index is 726. The number of benzene rings is 1. The Labute approximate surface area is 143 Å². The van der Waals surface area contributed by atoms with Crippen molar-refractivity contribution in [3.05, 3.63) is 58.4 Å². The second kappa shape index (κ2) is 8.11. The van der Waals surface area contributed by atoms with Crippen LogP contribution in [0.15, 0.2) is 41.5 Å². The second-order valence-corrected chi connectivity index (χ2v) is 6.09. The van der Waals surface area contributed by atoms with Gasteiger partial charge in [-0.3, -0.25) is 9.67 Å². The Balaban J connectivity index is 2.14. The summed E-state index contributed by atoms with van der Waals surface area (Å²) in [5.41, 5.74) is 5.87. The molecule has 4 heteroatoms. The van der Waals surface area contributed by atoms with Crippen molar-refractivity contribution in [2.75, 3.05) is 6.54 Å². The molecule has 0 saturated carbocycles. The number of halogens is 1. The average Bonchev–Trinajstić information content (AvgIpc) is 2.95. The zero-order valence-corrected chi connectivity index (χ0v) is 15.1. The summed E-state index contributed by atoms with van der Waals surface area (Å²) in [6, 6.07) is 8.05. The Hall–Kier alpha value is -1.87. The molecule has 0 saturated heterocycles. The molecule has 23 heavy (non-hydrogen) atoms. The number of allylic oxidation sites excluding steroid dienone is 1. The third-order valence-corrected chi connectivity index (χ3v) is 4.15. The molecule has 0 radical (unpaired) electrons. The maximum absolute atomic E-state index is 6.17. The van der Waals surface area contributed by atoms with Gasteiger partial charge in [-0.15, -0.1) is 0 Å². The Morgan fingerprint density at radius 1 is 1.35 bits per heavy atom. The minimum atomic E-state index is 0.759. The Morgan fingerprint density at radius 3 is 2.78 bits per heavy atom. The molecule has 0 aliphatic carbocycles. The molecule has 0 atom stereocenters. The van der Waals surface area contributed by atoms with E-state index >= 15 is 0 Å². The van der Waals surface area contributed by atoms with Crippen LogP contribution in [0.4, 0.5) is 0 Å². The second-order valence-electron chi connectivity index (χ2n) is 5.65. The predicted octanol–water partition coefficient (Wildman–Crippen LogP) is 5.07. The Morgan fingerprint density at radius 2 is 2.13 bits per heavy atom. The van der Waals surface area contributed by atoms with E-state index in [0.717, 1.165) is 35.8 Å². The number of nitrogens with zero attached hydrogens (tertiary/aromatic N) is 3. The lowest BCUT2D eigenvalue weighted by atomic mass is 9.97. The monoisotopic (exact) mass is 329 g/mol. The molecular formula is C19H24ClN3. The van der Waals surface area contributed by atoms with Gasteiger partial charge in [-0.1, -0.05) is 30.7 Å². The van der Waals surface area contributed by atoms with Gasteiger partial charge in [-0.25, -0.2) is 0 Å². The van der Waals surface area contributed by atoms with Crippen molar-refractivity contribution in [3.63, 3.8) is 0 Å². The normalized spacial score (nSPS) is 12.7. The van der Waals surface area contributed by atoms with Crippen LogP contribution in [-0.2, 0) is 7.05 Å². The van der Waals surface area contributed by atoms with E-state index in [0.29, 0.717) is 0 Å². The van der Waals surface area contributed by atoms with E-state index in [1.807, 2.05) is 30.8 Å². The molecule has 0 amide bonds. The molecule has 0 aliphatic rings. The van der Waals surface area contributed by atoms with Gasteiger partial charge in [-0.2, -0.15) is 5.10 Å². The van der Waals surface area contributed by atoms with Crippen LogP contribution in [0.5, 0.6) is 0 Å². The van der Waals surface area contributed by atoms with Gasteiger partial charge in [0.05, 0.1) is 11.4 Å². The van der Waals surface area contributed by atoms with Crippen molar-refractivity contribution in [1.29, 1.82) is 0 Å². The van der Waals surface area contributed by atoms with E-state index < -0.39 is 0 Å². The lowest BCUT2D eigenvalue weighted by Gasteiger charge is -2.11. The largest absolute Gasteiger partial charge is 0.287 e. The van der Waals surface area contributed by atoms with Crippen LogP contribution in [0, 0.1) is 6.92 Å². The quantitative estimate of drug-likeness (QED) is 0.680. The molecule has 0 fully saturated rings. The molecule has 1 aromatic carbocycles. The molecule has 2 rings (SSSR count). The van der Waals surface area contributed by atoms with Crippen molar-refractivity contribution in [2.45, 2.75) is 33.6 Å². The van der Waals surface area contributed by atoms with Crippen molar-refractivity contribution < 1.29 is 0 Å². The average molecular weight is 330 g/mol. The number of aromatic nitrogens is 2. The van der Waals surface area contributed by atoms with Crippen LogP contribution in [0.2, 0.25) is 5.02 Å². The van der Waals surface area contributed by atoms with Gasteiger partial charge in [0.1, 0.15) is 0 Å². The molecule has 0 N–H and O–H groups in total. The summed E-state index contributed by atoms with van der Waals surface area (Å²) < 4.78 is 1.85. The fourth-order valence-corrected chi connectivity index (χ4v) is 2.86. The number of hydrogen-bond donors (Lipinski definition) is 0. The minimum absolute atomic E-state index is 0.759. The number of hydrogen-bond acceptors (Lipinski definition) is 2. The molecular weight excluding hydrogens is 306 g/mol. The highest BCUT2D eigenvalue weighted by Gasteiger charge is 2.07. The van der Waals surface area contributed by atoms with Crippen LogP contribution in [0.1, 0.15) is 43.5 Å². The molecule has 0 aliphatic heterocycles. The van der Waals surface area contributed by atoms with E-state index in [4.69, 9.17) is 16.6 Å². The standard InChI is InChI=1S/C19H24ClN3/c1-5-6-16(18-13-17(20)8-7-14(18)2)9-11-21-15(3)19-10-12-22-23(19)4/h6-8,10,12-13H,5,9,11H2,1-4H3. The van der Waals surface area contributed by atoms with Gasteiger partial charge in [-0.05, 0) is 61.6 Å². The highest BCUT2D eigenvalue weighted by atomic mass is 35.5. The first kappa shape index (κ1) is 17.5. The van der Waals surface area contributed by atoms with Crippen LogP contribution in [0.3, 0.4) is 0 Å². The zero-order valence-electron chi connectivity index (χ0n) is 14.3. The maximum atomic E-state index is 6.17. The molecule has 1 heterocycles. The van der Waals surface area contributed by atoms with E-state index in [1.54, 1.807) is 6.20 Å². The van der Waals surface area contributed by atoms with E-state index in [1.165, 1.54) is 16.7 Å². The number of rotatable bonds is 6. The predicted molar refractivity (Wildman–Crippen MR) is 99.4 cm³/mol.